The maximum atomic E-state index is 5.78. The zero-order valence-corrected chi connectivity index (χ0v) is 12.3. The van der Waals surface area contributed by atoms with Crippen LogP contribution in [0.2, 0.25) is 0 Å². The van der Waals surface area contributed by atoms with Gasteiger partial charge in [0.2, 0.25) is 5.88 Å². The van der Waals surface area contributed by atoms with E-state index in [1.165, 1.54) is 5.56 Å². The molecule has 0 aliphatic carbocycles. The Hall–Kier alpha value is -1.94. The van der Waals surface area contributed by atoms with E-state index in [4.69, 9.17) is 4.74 Å². The molecule has 0 atom stereocenters. The van der Waals surface area contributed by atoms with Crippen molar-refractivity contribution < 1.29 is 4.74 Å². The van der Waals surface area contributed by atoms with E-state index in [2.05, 4.69) is 28.3 Å². The maximum absolute atomic E-state index is 5.78. The van der Waals surface area contributed by atoms with Gasteiger partial charge in [-0.2, -0.15) is 0 Å². The molecule has 1 aromatic carbocycles. The van der Waals surface area contributed by atoms with Gasteiger partial charge in [-0.15, -0.1) is 0 Å². The second-order valence-corrected chi connectivity index (χ2v) is 4.89. The van der Waals surface area contributed by atoms with E-state index in [-0.39, 0.29) is 0 Å². The van der Waals surface area contributed by atoms with E-state index in [1.807, 2.05) is 26.0 Å². The van der Waals surface area contributed by atoms with Gasteiger partial charge in [-0.05, 0) is 44.0 Å². The number of aryl methyl sites for hydroxylation is 2. The number of aromatic nitrogens is 2. The highest BCUT2D eigenvalue weighted by Crippen LogP contribution is 2.24. The van der Waals surface area contributed by atoms with Crippen molar-refractivity contribution in [2.75, 3.05) is 6.54 Å². The van der Waals surface area contributed by atoms with E-state index in [1.54, 1.807) is 12.4 Å². The third kappa shape index (κ3) is 4.03. The molecule has 0 aliphatic heterocycles. The summed E-state index contributed by atoms with van der Waals surface area (Å²) in [5.74, 6) is 1.36. The largest absolute Gasteiger partial charge is 0.437 e. The molecule has 0 saturated heterocycles. The van der Waals surface area contributed by atoms with Gasteiger partial charge in [-0.25, -0.2) is 4.98 Å². The monoisotopic (exact) mass is 271 g/mol. The minimum Gasteiger partial charge on any atom is -0.437 e. The summed E-state index contributed by atoms with van der Waals surface area (Å²) in [6, 6.07) is 6.12. The Bertz CT molecular complexity index is 552. The topological polar surface area (TPSA) is 47.0 Å². The van der Waals surface area contributed by atoms with Crippen molar-refractivity contribution in [3.8, 4) is 11.6 Å². The predicted molar refractivity (Wildman–Crippen MR) is 80.0 cm³/mol. The molecule has 1 aromatic heterocycles. The van der Waals surface area contributed by atoms with Crippen molar-refractivity contribution in [1.82, 2.24) is 15.3 Å². The fourth-order valence-corrected chi connectivity index (χ4v) is 1.81. The van der Waals surface area contributed by atoms with Crippen LogP contribution in [-0.2, 0) is 6.54 Å². The van der Waals surface area contributed by atoms with Gasteiger partial charge in [0, 0.05) is 6.54 Å². The van der Waals surface area contributed by atoms with E-state index < -0.39 is 0 Å². The van der Waals surface area contributed by atoms with E-state index in [0.717, 1.165) is 36.5 Å². The SMILES string of the molecule is CCCNCc1cnc(Oc2cc(C)ccc2C)cn1. The van der Waals surface area contributed by atoms with Gasteiger partial charge in [0.25, 0.3) is 0 Å². The van der Waals surface area contributed by atoms with Crippen molar-refractivity contribution in [2.24, 2.45) is 0 Å². The summed E-state index contributed by atoms with van der Waals surface area (Å²) >= 11 is 0. The average Bonchev–Trinajstić information content (AvgIpc) is 2.45. The molecule has 0 radical (unpaired) electrons. The summed E-state index contributed by atoms with van der Waals surface area (Å²) in [6.45, 7) is 7.93. The molecule has 1 heterocycles. The normalized spacial score (nSPS) is 10.6. The molecule has 2 rings (SSSR count). The predicted octanol–water partition coefficient (Wildman–Crippen LogP) is 3.39. The first-order valence-corrected chi connectivity index (χ1v) is 6.96. The molecule has 2 aromatic rings. The molecule has 0 aliphatic rings. The number of hydrogen-bond acceptors (Lipinski definition) is 4. The molecule has 106 valence electrons. The van der Waals surface area contributed by atoms with Crippen LogP contribution in [0.3, 0.4) is 0 Å². The summed E-state index contributed by atoms with van der Waals surface area (Å²) in [6.07, 6.45) is 4.54. The second kappa shape index (κ2) is 7.01. The number of nitrogens with zero attached hydrogens (tertiary/aromatic N) is 2. The van der Waals surface area contributed by atoms with Gasteiger partial charge in [0.05, 0.1) is 18.1 Å². The molecule has 0 saturated carbocycles. The van der Waals surface area contributed by atoms with Crippen molar-refractivity contribution >= 4 is 0 Å². The number of ether oxygens (including phenoxy) is 1. The molecular weight excluding hydrogens is 250 g/mol. The van der Waals surface area contributed by atoms with Crippen LogP contribution < -0.4 is 10.1 Å². The molecule has 0 bridgehead atoms. The quantitative estimate of drug-likeness (QED) is 0.818. The number of nitrogens with one attached hydrogen (secondary N) is 1. The summed E-state index contributed by atoms with van der Waals surface area (Å²) in [5, 5.41) is 3.29. The lowest BCUT2D eigenvalue weighted by Gasteiger charge is -2.09. The van der Waals surface area contributed by atoms with Gasteiger partial charge in [-0.3, -0.25) is 4.98 Å². The Balaban J connectivity index is 2.01. The molecule has 4 nitrogen and oxygen atoms in total. The Labute approximate surface area is 120 Å². The van der Waals surface area contributed by atoms with Crippen molar-refractivity contribution in [3.05, 3.63) is 47.4 Å². The molecule has 1 N–H and O–H groups in total. The van der Waals surface area contributed by atoms with Gasteiger partial charge >= 0.3 is 0 Å². The zero-order valence-electron chi connectivity index (χ0n) is 12.3. The minimum absolute atomic E-state index is 0.526. The van der Waals surface area contributed by atoms with Crippen LogP contribution in [0.4, 0.5) is 0 Å². The van der Waals surface area contributed by atoms with E-state index in [9.17, 15) is 0 Å². The van der Waals surface area contributed by atoms with Gasteiger partial charge in [-0.1, -0.05) is 19.1 Å². The van der Waals surface area contributed by atoms with Crippen molar-refractivity contribution in [2.45, 2.75) is 33.7 Å². The molecule has 0 amide bonds. The minimum atomic E-state index is 0.526. The van der Waals surface area contributed by atoms with Crippen LogP contribution in [0.25, 0.3) is 0 Å². The van der Waals surface area contributed by atoms with Crippen LogP contribution in [0.15, 0.2) is 30.6 Å². The third-order valence-corrected chi connectivity index (χ3v) is 2.97. The van der Waals surface area contributed by atoms with Crippen molar-refractivity contribution in [3.63, 3.8) is 0 Å². The van der Waals surface area contributed by atoms with Crippen LogP contribution in [0.1, 0.15) is 30.2 Å². The lowest BCUT2D eigenvalue weighted by Crippen LogP contribution is -2.14. The summed E-state index contributed by atoms with van der Waals surface area (Å²) in [7, 11) is 0. The Morgan fingerprint density at radius 1 is 1.15 bits per heavy atom. The smallest absolute Gasteiger partial charge is 0.237 e. The van der Waals surface area contributed by atoms with Gasteiger partial charge in [0.15, 0.2) is 0 Å². The van der Waals surface area contributed by atoms with Crippen LogP contribution in [0.5, 0.6) is 11.6 Å². The highest BCUT2D eigenvalue weighted by Gasteiger charge is 2.04. The highest BCUT2D eigenvalue weighted by molar-refractivity contribution is 5.38. The molecule has 20 heavy (non-hydrogen) atoms. The Morgan fingerprint density at radius 3 is 2.70 bits per heavy atom. The van der Waals surface area contributed by atoms with Crippen LogP contribution >= 0.6 is 0 Å². The zero-order chi connectivity index (χ0) is 14.4. The van der Waals surface area contributed by atoms with Crippen molar-refractivity contribution in [1.29, 1.82) is 0 Å². The summed E-state index contributed by atoms with van der Waals surface area (Å²) in [4.78, 5) is 8.65. The summed E-state index contributed by atoms with van der Waals surface area (Å²) < 4.78 is 5.78. The molecule has 0 fully saturated rings. The third-order valence-electron chi connectivity index (χ3n) is 2.97. The average molecular weight is 271 g/mol. The highest BCUT2D eigenvalue weighted by atomic mass is 16.5. The molecule has 0 spiro atoms. The first-order valence-electron chi connectivity index (χ1n) is 6.96. The first-order chi connectivity index (χ1) is 9.69. The molecule has 0 unspecified atom stereocenters. The van der Waals surface area contributed by atoms with Gasteiger partial charge < -0.3 is 10.1 Å². The fourth-order valence-electron chi connectivity index (χ4n) is 1.81. The number of hydrogen-bond donors (Lipinski definition) is 1. The Morgan fingerprint density at radius 2 is 2.00 bits per heavy atom. The lowest BCUT2D eigenvalue weighted by atomic mass is 10.1. The number of rotatable bonds is 6. The molecule has 4 heteroatoms. The summed E-state index contributed by atoms with van der Waals surface area (Å²) in [5.41, 5.74) is 3.18. The van der Waals surface area contributed by atoms with Gasteiger partial charge in [0.1, 0.15) is 5.75 Å². The fraction of sp³-hybridized carbons (Fsp3) is 0.375. The maximum Gasteiger partial charge on any atom is 0.237 e. The number of benzene rings is 1. The first kappa shape index (κ1) is 14.5. The second-order valence-electron chi connectivity index (χ2n) is 4.89. The molecular formula is C16H21N3O. The standard InChI is InChI=1S/C16H21N3O/c1-4-7-17-9-14-10-19-16(11-18-14)20-15-8-12(2)5-6-13(15)3/h5-6,8,10-11,17H,4,7,9H2,1-3H3. The lowest BCUT2D eigenvalue weighted by molar-refractivity contribution is 0.455. The van der Waals surface area contributed by atoms with E-state index >= 15 is 0 Å². The van der Waals surface area contributed by atoms with Crippen LogP contribution in [-0.4, -0.2) is 16.5 Å². The Kier molecular flexibility index (Phi) is 5.07. The van der Waals surface area contributed by atoms with Crippen LogP contribution in [0, 0.1) is 13.8 Å². The van der Waals surface area contributed by atoms with E-state index in [0.29, 0.717) is 5.88 Å².